The summed E-state index contributed by atoms with van der Waals surface area (Å²) in [4.78, 5) is 40.9. The van der Waals surface area contributed by atoms with E-state index >= 15 is 0 Å². The molecule has 0 radical (unpaired) electrons. The van der Waals surface area contributed by atoms with Gasteiger partial charge in [-0.15, -0.1) is 0 Å². The Morgan fingerprint density at radius 3 is 2.31 bits per heavy atom. The summed E-state index contributed by atoms with van der Waals surface area (Å²) in [5.41, 5.74) is -5.31. The average Bonchev–Trinajstić information content (AvgIpc) is 3.09. The fraction of sp³-hybridized carbons (Fsp3) is 0.393. The van der Waals surface area contributed by atoms with E-state index in [2.05, 4.69) is 0 Å². The number of hydrogen-bond acceptors (Lipinski definition) is 5. The van der Waals surface area contributed by atoms with E-state index in [-0.39, 0.29) is 31.5 Å². The number of allylic oxidation sites excluding steroid dienone is 1. The zero-order valence-electron chi connectivity index (χ0n) is 21.9. The van der Waals surface area contributed by atoms with Crippen molar-refractivity contribution in [3.05, 3.63) is 70.7 Å². The monoisotopic (exact) mass is 548 g/mol. The Morgan fingerprint density at radius 1 is 1.03 bits per heavy atom. The molecule has 4 rings (SSSR count). The number of amides is 2. The summed E-state index contributed by atoms with van der Waals surface area (Å²) in [7, 11) is 2.90. The van der Waals surface area contributed by atoms with Crippen molar-refractivity contribution in [1.29, 1.82) is 0 Å². The van der Waals surface area contributed by atoms with Gasteiger partial charge in [0, 0.05) is 18.7 Å². The lowest BCUT2D eigenvalue weighted by molar-refractivity contribution is -0.190. The molecule has 1 aliphatic heterocycles. The molecule has 0 fully saturated rings. The van der Waals surface area contributed by atoms with Gasteiger partial charge in [-0.25, -0.2) is 4.39 Å². The molecular weight excluding hydrogens is 520 g/mol. The number of benzene rings is 2. The predicted octanol–water partition coefficient (Wildman–Crippen LogP) is 4.60. The van der Waals surface area contributed by atoms with Crippen LogP contribution in [-0.4, -0.2) is 55.0 Å². The summed E-state index contributed by atoms with van der Waals surface area (Å²) in [5, 5.41) is 1.75. The molecule has 0 spiro atoms. The Labute approximate surface area is 222 Å². The summed E-state index contributed by atoms with van der Waals surface area (Å²) in [6.45, 7) is 3.23. The summed E-state index contributed by atoms with van der Waals surface area (Å²) >= 11 is 0. The molecule has 2 aliphatic rings. The van der Waals surface area contributed by atoms with E-state index in [1.807, 2.05) is 0 Å². The number of carbonyl (C=O) groups excluding carboxylic acids is 3. The highest BCUT2D eigenvalue weighted by Crippen LogP contribution is 2.51. The number of hydrogen-bond donors (Lipinski definition) is 1. The highest BCUT2D eigenvalue weighted by molar-refractivity contribution is 6.14. The molecule has 0 saturated carbocycles. The third-order valence-electron chi connectivity index (χ3n) is 7.04. The molecule has 2 amide bonds. The largest absolute Gasteiger partial charge is 0.493 e. The molecule has 39 heavy (non-hydrogen) atoms. The number of halogens is 4. The lowest BCUT2D eigenvalue weighted by atomic mass is 9.72. The minimum atomic E-state index is -5.39. The summed E-state index contributed by atoms with van der Waals surface area (Å²) in [6, 6.07) is 9.43. The van der Waals surface area contributed by atoms with Crippen LogP contribution in [0, 0.1) is 11.2 Å². The number of carbonyl (C=O) groups is 3. The van der Waals surface area contributed by atoms with Crippen LogP contribution in [0.25, 0.3) is 0 Å². The number of ether oxygens (including phenoxy) is 2. The van der Waals surface area contributed by atoms with Crippen molar-refractivity contribution in [2.45, 2.75) is 44.8 Å². The Morgan fingerprint density at radius 2 is 1.69 bits per heavy atom. The van der Waals surface area contributed by atoms with E-state index in [0.717, 1.165) is 17.0 Å². The fourth-order valence-electron chi connectivity index (χ4n) is 5.22. The average molecular weight is 549 g/mol. The minimum absolute atomic E-state index is 0.000848. The Bertz CT molecular complexity index is 1370. The van der Waals surface area contributed by atoms with Gasteiger partial charge in [0.15, 0.2) is 17.3 Å². The van der Waals surface area contributed by atoms with Crippen LogP contribution >= 0.6 is 0 Å². The molecule has 0 saturated heterocycles. The Hall–Kier alpha value is -3.89. The molecule has 1 aliphatic carbocycles. The molecule has 2 aromatic rings. The van der Waals surface area contributed by atoms with Gasteiger partial charge in [0.2, 0.25) is 5.54 Å². The maximum absolute atomic E-state index is 14.9. The second-order valence-electron chi connectivity index (χ2n) is 10.3. The lowest BCUT2D eigenvalue weighted by Gasteiger charge is -2.35. The molecule has 208 valence electrons. The van der Waals surface area contributed by atoms with Crippen LogP contribution in [0.3, 0.4) is 0 Å². The maximum Gasteiger partial charge on any atom is 0.425 e. The number of nitrogens with one attached hydrogen (secondary N) is 1. The zero-order valence-corrected chi connectivity index (χ0v) is 21.9. The van der Waals surface area contributed by atoms with Crippen molar-refractivity contribution in [3.8, 4) is 11.5 Å². The third-order valence-corrected chi connectivity index (χ3v) is 7.04. The van der Waals surface area contributed by atoms with Gasteiger partial charge < -0.3 is 19.7 Å². The molecule has 1 unspecified atom stereocenters. The molecule has 1 atom stereocenters. The molecule has 1 heterocycles. The first-order chi connectivity index (χ1) is 18.3. The van der Waals surface area contributed by atoms with Crippen LogP contribution in [0.15, 0.2) is 53.7 Å². The van der Waals surface area contributed by atoms with E-state index in [9.17, 15) is 31.9 Å². The third kappa shape index (κ3) is 4.86. The highest BCUT2D eigenvalue weighted by Gasteiger charge is 2.71. The first kappa shape index (κ1) is 28.1. The minimum Gasteiger partial charge on any atom is -0.493 e. The fourth-order valence-corrected chi connectivity index (χ4v) is 5.22. The van der Waals surface area contributed by atoms with Crippen molar-refractivity contribution in [3.63, 3.8) is 0 Å². The van der Waals surface area contributed by atoms with Gasteiger partial charge in [-0.3, -0.25) is 14.4 Å². The summed E-state index contributed by atoms with van der Waals surface area (Å²) in [6.07, 6.45) is -5.53. The summed E-state index contributed by atoms with van der Waals surface area (Å²) in [5.74, 6) is -4.06. The topological polar surface area (TPSA) is 84.9 Å². The molecule has 0 aromatic heterocycles. The van der Waals surface area contributed by atoms with Gasteiger partial charge in [-0.2, -0.15) is 13.2 Å². The van der Waals surface area contributed by atoms with Gasteiger partial charge in [0.05, 0.1) is 25.4 Å². The first-order valence-corrected chi connectivity index (χ1v) is 12.2. The highest BCUT2D eigenvalue weighted by atomic mass is 19.4. The summed E-state index contributed by atoms with van der Waals surface area (Å²) < 4.78 is 69.6. The van der Waals surface area contributed by atoms with Crippen molar-refractivity contribution in [2.24, 2.45) is 5.41 Å². The molecule has 1 N–H and O–H groups in total. The number of Topliss-reactive ketones (excluding diaryl/α,β-unsaturated/α-hetero) is 1. The lowest BCUT2D eigenvalue weighted by Crippen LogP contribution is -2.66. The van der Waals surface area contributed by atoms with E-state index in [0.29, 0.717) is 17.1 Å². The number of nitrogens with zero attached hydrogens (tertiary/aromatic N) is 1. The van der Waals surface area contributed by atoms with Crippen LogP contribution in [-0.2, 0) is 16.0 Å². The smallest absolute Gasteiger partial charge is 0.425 e. The normalized spacial score (nSPS) is 20.7. The molecular formula is C28H28F4N2O5. The van der Waals surface area contributed by atoms with Crippen LogP contribution in [0.4, 0.5) is 17.6 Å². The SMILES string of the molecule is COc1ccc(CCN2C(=O)C(NC(=O)c3ccccc3F)(C(F)(F)F)C3=C2CC(C)(C)CC3=O)cc1OC. The van der Waals surface area contributed by atoms with E-state index in [1.54, 1.807) is 37.4 Å². The molecule has 2 aromatic carbocycles. The predicted molar refractivity (Wildman–Crippen MR) is 133 cm³/mol. The number of methoxy groups -OCH3 is 2. The van der Waals surface area contributed by atoms with E-state index in [1.165, 1.54) is 26.4 Å². The van der Waals surface area contributed by atoms with Gasteiger partial charge in [-0.1, -0.05) is 32.0 Å². The van der Waals surface area contributed by atoms with Crippen molar-refractivity contribution in [2.75, 3.05) is 20.8 Å². The first-order valence-electron chi connectivity index (χ1n) is 12.2. The van der Waals surface area contributed by atoms with Gasteiger partial charge in [-0.05, 0) is 48.1 Å². The number of alkyl halides is 3. The standard InChI is InChI=1S/C28H28F4N2O5/c1-26(2)14-19-23(20(35)15-26)27(28(30,31)32,33-24(36)17-7-5-6-8-18(17)29)25(37)34(19)12-11-16-9-10-21(38-3)22(13-16)39-4/h5-10,13H,11-12,14-15H2,1-4H3,(H,33,36). The van der Waals surface area contributed by atoms with Crippen LogP contribution in [0.5, 0.6) is 11.5 Å². The maximum atomic E-state index is 14.9. The van der Waals surface area contributed by atoms with Crippen molar-refractivity contribution in [1.82, 2.24) is 10.2 Å². The number of rotatable bonds is 7. The van der Waals surface area contributed by atoms with E-state index in [4.69, 9.17) is 9.47 Å². The van der Waals surface area contributed by atoms with Crippen molar-refractivity contribution >= 4 is 17.6 Å². The Balaban J connectivity index is 1.79. The quantitative estimate of drug-likeness (QED) is 0.512. The second kappa shape index (κ2) is 10.0. The Kier molecular flexibility index (Phi) is 7.22. The van der Waals surface area contributed by atoms with Gasteiger partial charge >= 0.3 is 6.18 Å². The van der Waals surface area contributed by atoms with Gasteiger partial charge in [0.1, 0.15) is 5.82 Å². The van der Waals surface area contributed by atoms with Crippen LogP contribution in [0.1, 0.15) is 42.6 Å². The van der Waals surface area contributed by atoms with Crippen molar-refractivity contribution < 1.29 is 41.4 Å². The van der Waals surface area contributed by atoms with Crippen LogP contribution < -0.4 is 14.8 Å². The zero-order chi connectivity index (χ0) is 28.8. The molecule has 7 nitrogen and oxygen atoms in total. The molecule has 0 bridgehead atoms. The van der Waals surface area contributed by atoms with E-state index < -0.39 is 51.7 Å². The van der Waals surface area contributed by atoms with Gasteiger partial charge in [0.25, 0.3) is 11.8 Å². The molecule has 11 heteroatoms. The number of ketones is 1. The second-order valence-corrected chi connectivity index (χ2v) is 10.3. The van der Waals surface area contributed by atoms with Crippen LogP contribution in [0.2, 0.25) is 0 Å².